The molecule has 0 aliphatic carbocycles. The maximum absolute atomic E-state index is 10.1. The van der Waals surface area contributed by atoms with Gasteiger partial charge in [-0.05, 0) is 134 Å². The second kappa shape index (κ2) is 26.3. The first-order valence-electron chi connectivity index (χ1n) is 36.9. The summed E-state index contributed by atoms with van der Waals surface area (Å²) in [4.78, 5) is 9.62. The monoisotopic (exact) mass is 1290 g/mol. The molecule has 0 aromatic heterocycles. The van der Waals surface area contributed by atoms with Crippen LogP contribution in [0.15, 0.2) is 406 Å². The zero-order valence-corrected chi connectivity index (χ0v) is 55.2. The lowest BCUT2D eigenvalue weighted by Crippen LogP contribution is -2.61. The predicted molar refractivity (Wildman–Crippen MR) is 428 cm³/mol. The van der Waals surface area contributed by atoms with Crippen LogP contribution in [0.3, 0.4) is 0 Å². The molecule has 0 spiro atoms. The number of anilines is 12. The van der Waals surface area contributed by atoms with E-state index in [0.717, 1.165) is 151 Å². The van der Waals surface area contributed by atoms with Gasteiger partial charge in [0.1, 0.15) is 0 Å². The molecule has 5 heteroatoms. The fourth-order valence-corrected chi connectivity index (χ4v) is 15.3. The summed E-state index contributed by atoms with van der Waals surface area (Å²) < 4.78 is 48.2. The van der Waals surface area contributed by atoms with Gasteiger partial charge in [-0.25, -0.2) is 0 Å². The summed E-state index contributed by atoms with van der Waals surface area (Å²) in [6.45, 7) is -0.503. The molecule has 18 rings (SSSR count). The Kier molecular flexibility index (Phi) is 14.3. The fourth-order valence-electron chi connectivity index (χ4n) is 15.3. The van der Waals surface area contributed by atoms with Crippen molar-refractivity contribution in [1.29, 1.82) is 0 Å². The summed E-state index contributed by atoms with van der Waals surface area (Å²) in [7, 11) is 0. The highest BCUT2D eigenvalue weighted by atomic mass is 15.2. The third-order valence-electron chi connectivity index (χ3n) is 19.7. The van der Waals surface area contributed by atoms with Crippen molar-refractivity contribution < 1.29 is 6.85 Å². The normalized spacial score (nSPS) is 12.6. The summed E-state index contributed by atoms with van der Waals surface area (Å²) in [6, 6.07) is 131. The van der Waals surface area contributed by atoms with Gasteiger partial charge in [0.05, 0.1) is 29.6 Å². The van der Waals surface area contributed by atoms with Gasteiger partial charge in [0.15, 0.2) is 0 Å². The van der Waals surface area contributed by atoms with Crippen LogP contribution in [0.1, 0.15) is 6.85 Å². The molecule has 0 saturated carbocycles. The van der Waals surface area contributed by atoms with E-state index >= 15 is 0 Å². The summed E-state index contributed by atoms with van der Waals surface area (Å²) in [5.41, 5.74) is 26.4. The van der Waals surface area contributed by atoms with Crippen LogP contribution >= 0.6 is 0 Å². The molecule has 0 amide bonds. The van der Waals surface area contributed by atoms with Crippen LogP contribution in [0.5, 0.6) is 0 Å². The van der Waals surface area contributed by atoms with E-state index in [2.05, 4.69) is 396 Å². The minimum absolute atomic E-state index is 0.0837. The van der Waals surface area contributed by atoms with E-state index in [-0.39, 0.29) is 17.6 Å². The van der Waals surface area contributed by atoms with Gasteiger partial charge in [-0.1, -0.05) is 334 Å². The quantitative estimate of drug-likeness (QED) is 0.0949. The number of benzene rings is 16. The lowest BCUT2D eigenvalue weighted by Gasteiger charge is -2.46. The smallest absolute Gasteiger partial charge is 0.252 e. The summed E-state index contributed by atoms with van der Waals surface area (Å²) in [6.07, 6.45) is 0. The van der Waals surface area contributed by atoms with Crippen molar-refractivity contribution in [3.63, 3.8) is 0 Å². The number of hydrogen-bond donors (Lipinski definition) is 0. The van der Waals surface area contributed by atoms with Crippen LogP contribution in [-0.2, 0) is 0 Å². The Morgan fingerprint density at radius 2 is 0.525 bits per heavy atom. The van der Waals surface area contributed by atoms with E-state index in [9.17, 15) is 5.48 Å². The van der Waals surface area contributed by atoms with Gasteiger partial charge < -0.3 is 19.6 Å². The highest BCUT2D eigenvalue weighted by Crippen LogP contribution is 2.56. The molecule has 0 saturated heterocycles. The second-order valence-corrected chi connectivity index (χ2v) is 25.5. The number of para-hydroxylation sites is 6. The maximum atomic E-state index is 10.1. The Balaban J connectivity index is 1.03. The molecule has 0 bridgehead atoms. The molecule has 0 fully saturated rings. The summed E-state index contributed by atoms with van der Waals surface area (Å²) in [5.74, 6) is 0. The van der Waals surface area contributed by atoms with Crippen molar-refractivity contribution in [3.05, 3.63) is 406 Å². The Morgan fingerprint density at radius 3 is 0.871 bits per heavy atom. The van der Waals surface area contributed by atoms with Gasteiger partial charge in [-0.2, -0.15) is 0 Å². The van der Waals surface area contributed by atoms with Crippen LogP contribution in [0, 0.1) is 0 Å². The summed E-state index contributed by atoms with van der Waals surface area (Å²) in [5, 5.41) is 0. The Bertz CT molecular complexity index is 5500. The van der Waals surface area contributed by atoms with Crippen LogP contribution < -0.4 is 36.0 Å². The average Bonchev–Trinajstić information content (AvgIpc) is 0.686. The number of rotatable bonds is 15. The predicted octanol–water partition coefficient (Wildman–Crippen LogP) is 24.4. The van der Waals surface area contributed by atoms with Gasteiger partial charge in [0, 0.05) is 78.9 Å². The molecule has 2 aliphatic rings. The Labute approximate surface area is 598 Å². The number of nitrogens with zero attached hydrogens (tertiary/aromatic N) is 4. The van der Waals surface area contributed by atoms with Gasteiger partial charge in [0.2, 0.25) is 0 Å². The first kappa shape index (κ1) is 54.9. The highest BCUT2D eigenvalue weighted by Gasteiger charge is 2.46. The minimum atomic E-state index is -0.503. The molecule has 474 valence electrons. The highest BCUT2D eigenvalue weighted by molar-refractivity contribution is 7.00. The summed E-state index contributed by atoms with van der Waals surface area (Å²) >= 11 is 0. The van der Waals surface area contributed by atoms with Gasteiger partial charge in [0.25, 0.3) is 6.71 Å². The number of fused-ring (bicyclic) bond motifs is 4. The van der Waals surface area contributed by atoms with Crippen molar-refractivity contribution in [2.45, 2.75) is 0 Å². The zero-order chi connectivity index (χ0) is 71.4. The molecule has 16 aromatic rings. The zero-order valence-electron chi connectivity index (χ0n) is 60.2. The van der Waals surface area contributed by atoms with Crippen molar-refractivity contribution in [3.8, 4) is 77.9 Å². The third-order valence-corrected chi connectivity index (χ3v) is 19.7. The largest absolute Gasteiger partial charge is 0.310 e. The van der Waals surface area contributed by atoms with Gasteiger partial charge in [-0.3, -0.25) is 0 Å². The van der Waals surface area contributed by atoms with Crippen LogP contribution in [0.4, 0.5) is 68.2 Å². The fraction of sp³-hybridized carbons (Fsp3) is 0. The average molecular weight is 1290 g/mol. The second-order valence-electron chi connectivity index (χ2n) is 25.5. The van der Waals surface area contributed by atoms with Crippen molar-refractivity contribution in [1.82, 2.24) is 0 Å². The number of hydrogen-bond acceptors (Lipinski definition) is 4. The molecule has 16 aromatic carbocycles. The first-order valence-corrected chi connectivity index (χ1v) is 34.4. The molecule has 2 heterocycles. The first-order chi connectivity index (χ1) is 52.3. The van der Waals surface area contributed by atoms with Gasteiger partial charge >= 0.3 is 0 Å². The molecule has 4 nitrogen and oxygen atoms in total. The van der Waals surface area contributed by atoms with Crippen LogP contribution in [-0.4, -0.2) is 6.71 Å². The molecule has 0 unspecified atom stereocenters. The topological polar surface area (TPSA) is 13.0 Å². The van der Waals surface area contributed by atoms with E-state index in [1.54, 1.807) is 0 Å². The van der Waals surface area contributed by atoms with E-state index in [1.165, 1.54) is 0 Å². The van der Waals surface area contributed by atoms with E-state index in [4.69, 9.17) is 1.37 Å². The van der Waals surface area contributed by atoms with Crippen molar-refractivity contribution in [2.24, 2.45) is 0 Å². The Morgan fingerprint density at radius 1 is 0.228 bits per heavy atom. The van der Waals surface area contributed by atoms with E-state index in [1.807, 2.05) is 0 Å². The molecule has 101 heavy (non-hydrogen) atoms. The van der Waals surface area contributed by atoms with E-state index in [0.29, 0.717) is 5.56 Å². The SMILES string of the molecule is [2H]c1c([2H])c([2H])c(-c2cc3c4c(c2)N(c2c(-c5ccccc5)cccc2-c2ccccc2)c2cc(N(c5ccccc5)c5ccccc5-c5ccccc5)ccc2B4c2ccc(N(c4ccccc4)c4ccccc4-c4ccccc4)cc2N3c2c(-c3ccccc3)cccc2-c2ccccc2)c([2H])c1[2H]. The van der Waals surface area contributed by atoms with Crippen molar-refractivity contribution >= 4 is 91.3 Å². The van der Waals surface area contributed by atoms with Gasteiger partial charge in [-0.15, -0.1) is 0 Å². The minimum Gasteiger partial charge on any atom is -0.310 e. The lowest BCUT2D eigenvalue weighted by molar-refractivity contribution is 1.23. The molecule has 2 aliphatic heterocycles. The molecule has 0 radical (unpaired) electrons. The Hall–Kier alpha value is -13.2. The van der Waals surface area contributed by atoms with Crippen LogP contribution in [0.2, 0.25) is 0 Å². The molecular formula is C96H67BN4. The maximum Gasteiger partial charge on any atom is 0.252 e. The van der Waals surface area contributed by atoms with Crippen LogP contribution in [0.25, 0.3) is 77.9 Å². The molecule has 0 N–H and O–H groups in total. The third kappa shape index (κ3) is 10.9. The van der Waals surface area contributed by atoms with Crippen molar-refractivity contribution in [2.75, 3.05) is 19.6 Å². The lowest BCUT2D eigenvalue weighted by atomic mass is 9.33. The standard InChI is InChI=1S/C96H67BN4/c1-10-34-68(35-11-1)75-64-92-94-93(65-75)101(96-84(73-44-20-6-21-45-73)56-33-57-85(96)74-46-22-7-23-47-74)91-67-79(99(77-50-26-9-27-51-77)89-59-31-29-53-81(89)70-38-14-3-15-39-70)61-63-87(91)97(94)86-62-60-78(98(76-48-24-8-25-49-76)88-58-30-28-52-80(88)69-36-12-2-13-37-69)66-90(86)100(92)95-82(71-40-16-4-17-41-71)54-32-55-83(95)72-42-18-5-19-43-72/h1-67H/i1D,10D,11D,34D,35D. The van der Waals surface area contributed by atoms with E-state index < -0.39 is 24.8 Å². The molecule has 0 atom stereocenters. The molecular weight excluding hydrogens is 1220 g/mol.